The van der Waals surface area contributed by atoms with E-state index in [1.54, 1.807) is 0 Å². The Hall–Kier alpha value is -0.0800. The molecule has 0 aromatic rings. The number of hydrogen-bond donors (Lipinski definition) is 1. The van der Waals surface area contributed by atoms with Gasteiger partial charge in [-0.05, 0) is 31.1 Å². The maximum atomic E-state index is 6.33. The largest absolute Gasteiger partial charge is 0.380 e. The average Bonchev–Trinajstić information content (AvgIpc) is 2.76. The van der Waals surface area contributed by atoms with Crippen molar-refractivity contribution in [2.45, 2.75) is 38.1 Å². The van der Waals surface area contributed by atoms with E-state index in [1.807, 2.05) is 0 Å². The Labute approximate surface area is 73.5 Å². The highest BCUT2D eigenvalue weighted by atomic mass is 16.5. The maximum absolute atomic E-state index is 6.33. The van der Waals surface area contributed by atoms with E-state index < -0.39 is 0 Å². The summed E-state index contributed by atoms with van der Waals surface area (Å²) < 4.78 is 5.33. The third kappa shape index (κ3) is 0.612. The first-order chi connectivity index (χ1) is 5.62. The highest BCUT2D eigenvalue weighted by Gasteiger charge is 2.72. The molecular weight excluding hydrogens is 150 g/mol. The molecule has 3 fully saturated rings. The van der Waals surface area contributed by atoms with E-state index in [4.69, 9.17) is 10.5 Å². The molecule has 3 rings (SSSR count). The molecule has 2 heteroatoms. The van der Waals surface area contributed by atoms with Gasteiger partial charge in [0.1, 0.15) is 0 Å². The Morgan fingerprint density at radius 3 is 1.92 bits per heavy atom. The van der Waals surface area contributed by atoms with Crippen molar-refractivity contribution < 1.29 is 4.74 Å². The van der Waals surface area contributed by atoms with E-state index in [9.17, 15) is 0 Å². The highest BCUT2D eigenvalue weighted by molar-refractivity contribution is 5.25. The molecule has 0 aromatic carbocycles. The zero-order valence-electron chi connectivity index (χ0n) is 7.73. The van der Waals surface area contributed by atoms with Gasteiger partial charge in [-0.15, -0.1) is 0 Å². The number of ether oxygens (including phenoxy) is 1. The fraction of sp³-hybridized carbons (Fsp3) is 1.00. The Kier molecular flexibility index (Phi) is 1.06. The summed E-state index contributed by atoms with van der Waals surface area (Å²) in [6.07, 6.45) is 5.21. The predicted octanol–water partition coefficient (Wildman–Crippen LogP) is 1.29. The van der Waals surface area contributed by atoms with Crippen LogP contribution in [0.1, 0.15) is 32.6 Å². The van der Waals surface area contributed by atoms with Gasteiger partial charge in [0.25, 0.3) is 0 Å². The van der Waals surface area contributed by atoms with Crippen LogP contribution in [0.15, 0.2) is 0 Å². The van der Waals surface area contributed by atoms with Gasteiger partial charge in [0, 0.05) is 11.0 Å². The molecule has 0 unspecified atom stereocenters. The van der Waals surface area contributed by atoms with Crippen LogP contribution in [-0.4, -0.2) is 18.8 Å². The maximum Gasteiger partial charge on any atom is 0.0548 e. The number of rotatable bonds is 2. The molecule has 3 aliphatic rings. The molecule has 2 N–H and O–H groups in total. The van der Waals surface area contributed by atoms with Crippen LogP contribution in [0.3, 0.4) is 0 Å². The van der Waals surface area contributed by atoms with Crippen LogP contribution in [0.25, 0.3) is 0 Å². The molecule has 0 radical (unpaired) electrons. The summed E-state index contributed by atoms with van der Waals surface area (Å²) in [6, 6.07) is 0. The topological polar surface area (TPSA) is 35.2 Å². The molecule has 12 heavy (non-hydrogen) atoms. The van der Waals surface area contributed by atoms with Gasteiger partial charge in [0.05, 0.1) is 13.2 Å². The van der Waals surface area contributed by atoms with Crippen molar-refractivity contribution in [1.29, 1.82) is 0 Å². The van der Waals surface area contributed by atoms with Gasteiger partial charge >= 0.3 is 0 Å². The lowest BCUT2D eigenvalue weighted by molar-refractivity contribution is -0.151. The van der Waals surface area contributed by atoms with Crippen LogP contribution < -0.4 is 5.73 Å². The van der Waals surface area contributed by atoms with Crippen molar-refractivity contribution in [3.8, 4) is 0 Å². The lowest BCUT2D eigenvalue weighted by Crippen LogP contribution is -2.55. The Balaban J connectivity index is 1.90. The van der Waals surface area contributed by atoms with Crippen LogP contribution in [0.5, 0.6) is 0 Å². The second kappa shape index (κ2) is 1.73. The van der Waals surface area contributed by atoms with Crippen molar-refractivity contribution in [2.75, 3.05) is 13.2 Å². The lowest BCUT2D eigenvalue weighted by atomic mass is 9.67. The fourth-order valence-corrected chi connectivity index (χ4v) is 3.13. The van der Waals surface area contributed by atoms with Crippen LogP contribution in [0, 0.1) is 10.8 Å². The molecule has 0 amide bonds. The molecule has 0 spiro atoms. The quantitative estimate of drug-likeness (QED) is 0.672. The summed E-state index contributed by atoms with van der Waals surface area (Å²) >= 11 is 0. The molecule has 0 aromatic heterocycles. The summed E-state index contributed by atoms with van der Waals surface area (Å²) in [4.78, 5) is 0. The number of hydrogen-bond acceptors (Lipinski definition) is 2. The van der Waals surface area contributed by atoms with Gasteiger partial charge in [-0.3, -0.25) is 0 Å². The fourth-order valence-electron chi connectivity index (χ4n) is 3.13. The smallest absolute Gasteiger partial charge is 0.0548 e. The zero-order valence-corrected chi connectivity index (χ0v) is 7.73. The summed E-state index contributed by atoms with van der Waals surface area (Å²) in [5.74, 6) is 0. The van der Waals surface area contributed by atoms with Gasteiger partial charge in [-0.2, -0.15) is 0 Å². The first-order valence-electron chi connectivity index (χ1n) is 4.99. The van der Waals surface area contributed by atoms with E-state index >= 15 is 0 Å². The van der Waals surface area contributed by atoms with Gasteiger partial charge in [0.15, 0.2) is 0 Å². The molecule has 1 aliphatic heterocycles. The summed E-state index contributed by atoms with van der Waals surface area (Å²) in [6.45, 7) is 4.26. The van der Waals surface area contributed by atoms with Crippen LogP contribution in [-0.2, 0) is 4.74 Å². The molecule has 1 saturated heterocycles. The molecule has 0 atom stereocenters. The average molecular weight is 167 g/mol. The number of nitrogens with two attached hydrogens (primary N) is 1. The Morgan fingerprint density at radius 2 is 1.67 bits per heavy atom. The second-order valence-electron chi connectivity index (χ2n) is 5.29. The van der Waals surface area contributed by atoms with E-state index in [1.165, 1.54) is 25.7 Å². The van der Waals surface area contributed by atoms with Gasteiger partial charge < -0.3 is 10.5 Å². The molecule has 68 valence electrons. The summed E-state index contributed by atoms with van der Waals surface area (Å²) in [5.41, 5.74) is 7.45. The van der Waals surface area contributed by atoms with Crippen molar-refractivity contribution in [3.05, 3.63) is 0 Å². The van der Waals surface area contributed by atoms with Crippen molar-refractivity contribution in [3.63, 3.8) is 0 Å². The molecule has 2 aliphatic carbocycles. The van der Waals surface area contributed by atoms with Gasteiger partial charge in [-0.25, -0.2) is 0 Å². The minimum atomic E-state index is 0.214. The highest BCUT2D eigenvalue weighted by Crippen LogP contribution is 2.72. The third-order valence-corrected chi connectivity index (χ3v) is 4.49. The first kappa shape index (κ1) is 7.34. The standard InChI is InChI=1S/C10H17NO/c1-8(6-12-7-8)9(2-3-9)10(11)4-5-10/h2-7,11H2,1H3. The lowest BCUT2D eigenvalue weighted by Gasteiger charge is -2.48. The van der Waals surface area contributed by atoms with Crippen LogP contribution >= 0.6 is 0 Å². The van der Waals surface area contributed by atoms with Crippen molar-refractivity contribution >= 4 is 0 Å². The second-order valence-corrected chi connectivity index (χ2v) is 5.29. The monoisotopic (exact) mass is 167 g/mol. The first-order valence-corrected chi connectivity index (χ1v) is 4.99. The molecule has 0 bridgehead atoms. The summed E-state index contributed by atoms with van der Waals surface area (Å²) in [7, 11) is 0. The third-order valence-electron chi connectivity index (χ3n) is 4.49. The van der Waals surface area contributed by atoms with E-state index in [-0.39, 0.29) is 5.54 Å². The predicted molar refractivity (Wildman–Crippen MR) is 46.7 cm³/mol. The minimum Gasteiger partial charge on any atom is -0.380 e. The van der Waals surface area contributed by atoms with Crippen molar-refractivity contribution in [1.82, 2.24) is 0 Å². The van der Waals surface area contributed by atoms with Crippen LogP contribution in [0.4, 0.5) is 0 Å². The molecule has 2 nitrogen and oxygen atoms in total. The van der Waals surface area contributed by atoms with E-state index in [0.29, 0.717) is 10.8 Å². The van der Waals surface area contributed by atoms with Gasteiger partial charge in [0.2, 0.25) is 0 Å². The van der Waals surface area contributed by atoms with Crippen LogP contribution in [0.2, 0.25) is 0 Å². The Morgan fingerprint density at radius 1 is 1.08 bits per heavy atom. The van der Waals surface area contributed by atoms with Gasteiger partial charge in [-0.1, -0.05) is 6.92 Å². The zero-order chi connectivity index (χ0) is 8.45. The van der Waals surface area contributed by atoms with E-state index in [2.05, 4.69) is 6.92 Å². The molecule has 2 saturated carbocycles. The normalized spacial score (nSPS) is 38.5. The van der Waals surface area contributed by atoms with Crippen molar-refractivity contribution in [2.24, 2.45) is 16.6 Å². The minimum absolute atomic E-state index is 0.214. The van der Waals surface area contributed by atoms with E-state index in [0.717, 1.165) is 13.2 Å². The SMILES string of the molecule is CC1(C2(C3(N)CC3)CC2)COC1. The molecular formula is C10H17NO. The Bertz CT molecular complexity index is 224. The molecule has 1 heterocycles. The summed E-state index contributed by atoms with van der Waals surface area (Å²) in [5, 5.41) is 0.